The number of hydrogen-bond donors (Lipinski definition) is 2. The molecule has 2 N–H and O–H groups in total. The Labute approximate surface area is 246 Å². The lowest BCUT2D eigenvalue weighted by atomic mass is 10.2. The molecule has 0 bridgehead atoms. The minimum Gasteiger partial charge on any atom is -0.325 e. The van der Waals surface area contributed by atoms with Crippen LogP contribution in [-0.4, -0.2) is 44.8 Å². The molecule has 3 aromatic carbocycles. The summed E-state index contributed by atoms with van der Waals surface area (Å²) in [6.45, 7) is 3.44. The fourth-order valence-corrected chi connectivity index (χ4v) is 5.84. The molecule has 0 atom stereocenters. The van der Waals surface area contributed by atoms with Gasteiger partial charge < -0.3 is 5.32 Å². The lowest BCUT2D eigenvalue weighted by molar-refractivity contribution is -0.113. The predicted octanol–water partition coefficient (Wildman–Crippen LogP) is 5.53. The summed E-state index contributed by atoms with van der Waals surface area (Å²) in [6.07, 6.45) is 0. The van der Waals surface area contributed by atoms with E-state index in [9.17, 15) is 13.2 Å². The van der Waals surface area contributed by atoms with Gasteiger partial charge in [-0.3, -0.25) is 14.1 Å². The van der Waals surface area contributed by atoms with Gasteiger partial charge in [0.1, 0.15) is 11.6 Å². The van der Waals surface area contributed by atoms with Gasteiger partial charge in [-0.25, -0.2) is 18.4 Å². The van der Waals surface area contributed by atoms with E-state index in [0.717, 1.165) is 11.3 Å². The van der Waals surface area contributed by atoms with Crippen LogP contribution in [0.4, 0.5) is 11.5 Å². The molecule has 0 aliphatic rings. The van der Waals surface area contributed by atoms with Crippen molar-refractivity contribution in [3.8, 4) is 17.1 Å². The van der Waals surface area contributed by atoms with Crippen LogP contribution in [0.1, 0.15) is 11.5 Å². The predicted molar refractivity (Wildman–Crippen MR) is 160 cm³/mol. The molecule has 0 saturated heterocycles. The molecule has 2 aromatic heterocycles. The summed E-state index contributed by atoms with van der Waals surface area (Å²) < 4.78 is 29.9. The number of para-hydroxylation sites is 1. The van der Waals surface area contributed by atoms with Crippen molar-refractivity contribution in [3.05, 3.63) is 101 Å². The average molecular weight is 606 g/mol. The fraction of sp³-hybridized carbons (Fsp3) is 0.107. The third-order valence-corrected chi connectivity index (χ3v) is 8.29. The first kappa shape index (κ1) is 28.3. The van der Waals surface area contributed by atoms with Crippen molar-refractivity contribution in [3.63, 3.8) is 0 Å². The van der Waals surface area contributed by atoms with E-state index in [-0.39, 0.29) is 22.4 Å². The van der Waals surface area contributed by atoms with Gasteiger partial charge in [0.15, 0.2) is 11.0 Å². The molecule has 0 unspecified atom stereocenters. The Hall–Kier alpha value is -4.26. The first-order valence-corrected chi connectivity index (χ1v) is 15.2. The summed E-state index contributed by atoms with van der Waals surface area (Å²) in [5.74, 6) is 1.04. The molecule has 0 radical (unpaired) electrons. The summed E-state index contributed by atoms with van der Waals surface area (Å²) in [5, 5.41) is 12.7. The highest BCUT2D eigenvalue weighted by atomic mass is 35.5. The lowest BCUT2D eigenvalue weighted by Gasteiger charge is -2.11. The number of aryl methyl sites for hydroxylation is 2. The van der Waals surface area contributed by atoms with Crippen LogP contribution in [-0.2, 0) is 14.8 Å². The summed E-state index contributed by atoms with van der Waals surface area (Å²) in [7, 11) is -3.87. The lowest BCUT2D eigenvalue weighted by Crippen LogP contribution is -2.16. The number of sulfonamides is 1. The number of nitrogens with zero attached hydrogens (tertiary/aromatic N) is 5. The van der Waals surface area contributed by atoms with Gasteiger partial charge >= 0.3 is 0 Å². The molecule has 208 valence electrons. The first-order chi connectivity index (χ1) is 19.7. The van der Waals surface area contributed by atoms with Crippen molar-refractivity contribution in [1.29, 1.82) is 0 Å². The Bertz CT molecular complexity index is 1780. The largest absolute Gasteiger partial charge is 0.325 e. The van der Waals surface area contributed by atoms with E-state index in [1.807, 2.05) is 47.0 Å². The van der Waals surface area contributed by atoms with Gasteiger partial charge in [-0.1, -0.05) is 41.6 Å². The van der Waals surface area contributed by atoms with Crippen molar-refractivity contribution >= 4 is 50.8 Å². The number of benzene rings is 3. The Morgan fingerprint density at radius 2 is 1.63 bits per heavy atom. The van der Waals surface area contributed by atoms with Gasteiger partial charge in [-0.2, -0.15) is 0 Å². The SMILES string of the molecule is Cc1cc(NS(=O)(=O)c2ccc(NC(=O)CSc3nnc(-c4ccc(Cl)cc4)n3-c3ccccc3)cc2)nc(C)n1. The van der Waals surface area contributed by atoms with Gasteiger partial charge in [-0.15, -0.1) is 10.2 Å². The Kier molecular flexibility index (Phi) is 8.34. The highest BCUT2D eigenvalue weighted by Crippen LogP contribution is 2.29. The van der Waals surface area contributed by atoms with Gasteiger partial charge in [0, 0.05) is 33.7 Å². The van der Waals surface area contributed by atoms with Crippen molar-refractivity contribution in [2.75, 3.05) is 15.8 Å². The third kappa shape index (κ3) is 6.91. The Balaban J connectivity index is 1.27. The second kappa shape index (κ2) is 12.1. The smallest absolute Gasteiger partial charge is 0.263 e. The van der Waals surface area contributed by atoms with Gasteiger partial charge in [-0.05, 0) is 74.5 Å². The second-order valence-electron chi connectivity index (χ2n) is 8.89. The van der Waals surface area contributed by atoms with Crippen molar-refractivity contribution in [1.82, 2.24) is 24.7 Å². The zero-order valence-corrected chi connectivity index (χ0v) is 24.3. The maximum absolute atomic E-state index is 12.8. The summed E-state index contributed by atoms with van der Waals surface area (Å²) in [4.78, 5) is 21.1. The van der Waals surface area contributed by atoms with E-state index in [0.29, 0.717) is 33.2 Å². The summed E-state index contributed by atoms with van der Waals surface area (Å²) in [5.41, 5.74) is 2.78. The maximum Gasteiger partial charge on any atom is 0.263 e. The number of carbonyl (C=O) groups excluding carboxylic acids is 1. The minimum absolute atomic E-state index is 0.0319. The van der Waals surface area contributed by atoms with Crippen LogP contribution in [0, 0.1) is 13.8 Å². The van der Waals surface area contributed by atoms with Crippen LogP contribution in [0.2, 0.25) is 5.02 Å². The van der Waals surface area contributed by atoms with E-state index >= 15 is 0 Å². The van der Waals surface area contributed by atoms with Crippen LogP contribution in [0.5, 0.6) is 0 Å². The number of nitrogens with one attached hydrogen (secondary N) is 2. The molecule has 5 rings (SSSR count). The van der Waals surface area contributed by atoms with E-state index in [2.05, 4.69) is 30.2 Å². The number of rotatable bonds is 9. The molecule has 41 heavy (non-hydrogen) atoms. The number of aromatic nitrogens is 5. The molecule has 1 amide bonds. The first-order valence-electron chi connectivity index (χ1n) is 12.3. The third-order valence-electron chi connectivity index (χ3n) is 5.74. The second-order valence-corrected chi connectivity index (χ2v) is 12.0. The zero-order chi connectivity index (χ0) is 29.0. The topological polar surface area (TPSA) is 132 Å². The van der Waals surface area contributed by atoms with E-state index in [1.165, 1.54) is 36.0 Å². The van der Waals surface area contributed by atoms with Crippen LogP contribution in [0.3, 0.4) is 0 Å². The monoisotopic (exact) mass is 605 g/mol. The molecule has 0 saturated carbocycles. The molecule has 13 heteroatoms. The Morgan fingerprint density at radius 1 is 0.927 bits per heavy atom. The van der Waals surface area contributed by atoms with E-state index in [1.54, 1.807) is 32.0 Å². The molecule has 0 aliphatic heterocycles. The average Bonchev–Trinajstić information content (AvgIpc) is 3.36. The van der Waals surface area contributed by atoms with E-state index in [4.69, 9.17) is 11.6 Å². The number of hydrogen-bond acceptors (Lipinski definition) is 8. The van der Waals surface area contributed by atoms with Crippen LogP contribution < -0.4 is 10.0 Å². The zero-order valence-electron chi connectivity index (χ0n) is 21.9. The van der Waals surface area contributed by atoms with Gasteiger partial charge in [0.2, 0.25) is 5.91 Å². The molecule has 10 nitrogen and oxygen atoms in total. The molecule has 2 heterocycles. The van der Waals surface area contributed by atoms with Crippen LogP contribution >= 0.6 is 23.4 Å². The van der Waals surface area contributed by atoms with Crippen molar-refractivity contribution in [2.45, 2.75) is 23.9 Å². The van der Waals surface area contributed by atoms with Crippen molar-refractivity contribution in [2.24, 2.45) is 0 Å². The minimum atomic E-state index is -3.87. The molecular formula is C28H24ClN7O3S2. The standard InChI is InChI=1S/C28H24ClN7O3S2/c1-18-16-25(31-19(2)30-18)35-41(38,39)24-14-12-22(13-15-24)32-26(37)17-40-28-34-33-27(20-8-10-21(29)11-9-20)36(28)23-6-4-3-5-7-23/h3-16H,17H2,1-2H3,(H,32,37)(H,30,31,35). The molecular weight excluding hydrogens is 582 g/mol. The Morgan fingerprint density at radius 3 is 2.32 bits per heavy atom. The molecule has 5 aromatic rings. The maximum atomic E-state index is 12.8. The van der Waals surface area contributed by atoms with E-state index < -0.39 is 10.0 Å². The number of thioether (sulfide) groups is 1. The molecule has 0 fully saturated rings. The van der Waals surface area contributed by atoms with Crippen LogP contribution in [0.15, 0.2) is 95.0 Å². The normalized spacial score (nSPS) is 11.3. The number of amides is 1. The summed E-state index contributed by atoms with van der Waals surface area (Å²) >= 11 is 7.29. The quantitative estimate of drug-likeness (QED) is 0.210. The highest BCUT2D eigenvalue weighted by molar-refractivity contribution is 7.99. The van der Waals surface area contributed by atoms with Gasteiger partial charge in [0.05, 0.1) is 10.6 Å². The number of halogens is 1. The number of anilines is 2. The number of carbonyl (C=O) groups is 1. The van der Waals surface area contributed by atoms with Crippen LogP contribution in [0.25, 0.3) is 17.1 Å². The summed E-state index contributed by atoms with van der Waals surface area (Å²) in [6, 6.07) is 24.3. The molecule has 0 spiro atoms. The van der Waals surface area contributed by atoms with Crippen molar-refractivity contribution < 1.29 is 13.2 Å². The molecule has 0 aliphatic carbocycles. The fourth-order valence-electron chi connectivity index (χ4n) is 3.97. The van der Waals surface area contributed by atoms with Gasteiger partial charge in [0.25, 0.3) is 10.0 Å². The highest BCUT2D eigenvalue weighted by Gasteiger charge is 2.18.